The van der Waals surface area contributed by atoms with Gasteiger partial charge >= 0.3 is 0 Å². The molecule has 0 aliphatic carbocycles. The maximum absolute atomic E-state index is 12.5. The fraction of sp³-hybridized carbons (Fsp3) is 0.560. The molecule has 0 radical (unpaired) electrons. The smallest absolute Gasteiger partial charge is 0.239 e. The Kier molecular flexibility index (Phi) is 7.93. The minimum absolute atomic E-state index is 0.0154. The normalized spacial score (nSPS) is 14.9. The molecule has 1 amide bonds. The van der Waals surface area contributed by atoms with Crippen LogP contribution in [0.2, 0.25) is 0 Å². The molecule has 3 aromatic rings. The maximum atomic E-state index is 12.5. The summed E-state index contributed by atoms with van der Waals surface area (Å²) in [6.45, 7) is 13.6. The van der Waals surface area contributed by atoms with E-state index in [2.05, 4.69) is 67.5 Å². The minimum atomic E-state index is -0.163. The lowest BCUT2D eigenvalue weighted by Crippen LogP contribution is -2.43. The molecule has 1 saturated heterocycles. The number of imidazole rings is 1. The van der Waals surface area contributed by atoms with Crippen LogP contribution in [0.5, 0.6) is 0 Å². The molecule has 0 saturated carbocycles. The number of hydrogen-bond donors (Lipinski definition) is 2. The van der Waals surface area contributed by atoms with Crippen molar-refractivity contribution in [1.82, 2.24) is 24.8 Å². The van der Waals surface area contributed by atoms with Crippen LogP contribution >= 0.6 is 11.3 Å². The van der Waals surface area contributed by atoms with Crippen LogP contribution < -0.4 is 15.5 Å². The summed E-state index contributed by atoms with van der Waals surface area (Å²) in [5, 5.41) is 12.2. The van der Waals surface area contributed by atoms with E-state index >= 15 is 0 Å². The van der Waals surface area contributed by atoms with Crippen LogP contribution in [0.15, 0.2) is 24.3 Å². The number of fused-ring (bicyclic) bond motifs is 1. The fourth-order valence-electron chi connectivity index (χ4n) is 3.98. The van der Waals surface area contributed by atoms with Crippen molar-refractivity contribution >= 4 is 33.2 Å². The first kappa shape index (κ1) is 25.4. The summed E-state index contributed by atoms with van der Waals surface area (Å²) in [6.07, 6.45) is 1.00. The lowest BCUT2D eigenvalue weighted by Gasteiger charge is -2.26. The number of aryl methyl sites for hydroxylation is 1. The molecule has 1 fully saturated rings. The number of nitrogens with zero attached hydrogens (tertiary/aromatic N) is 5. The number of benzene rings is 1. The molecule has 0 atom stereocenters. The third-order valence-electron chi connectivity index (χ3n) is 5.88. The zero-order valence-electron chi connectivity index (χ0n) is 21.4. The van der Waals surface area contributed by atoms with Gasteiger partial charge in [-0.3, -0.25) is 9.69 Å². The summed E-state index contributed by atoms with van der Waals surface area (Å²) in [5.41, 5.74) is 3.08. The number of hydrogen-bond acceptors (Lipinski definition) is 8. The Bertz CT molecular complexity index is 1130. The molecule has 35 heavy (non-hydrogen) atoms. The number of rotatable bonds is 9. The first-order valence-corrected chi connectivity index (χ1v) is 13.1. The SMILES string of the molecule is CCc1ccc(-c2nc3sc(N(C)CC(=O)NCCN4CCOCC4)nn3c2NC(C)(C)C)cc1. The van der Waals surface area contributed by atoms with Crippen molar-refractivity contribution in [1.29, 1.82) is 0 Å². The van der Waals surface area contributed by atoms with E-state index in [1.54, 1.807) is 0 Å². The Hall–Kier alpha value is -2.69. The van der Waals surface area contributed by atoms with E-state index in [-0.39, 0.29) is 18.0 Å². The van der Waals surface area contributed by atoms with Crippen LogP contribution in [0, 0.1) is 0 Å². The van der Waals surface area contributed by atoms with E-state index in [4.69, 9.17) is 14.8 Å². The van der Waals surface area contributed by atoms with Crippen molar-refractivity contribution in [2.45, 2.75) is 39.7 Å². The van der Waals surface area contributed by atoms with E-state index < -0.39 is 0 Å². The van der Waals surface area contributed by atoms with Gasteiger partial charge in [-0.1, -0.05) is 42.5 Å². The van der Waals surface area contributed by atoms with Gasteiger partial charge in [0.25, 0.3) is 0 Å². The van der Waals surface area contributed by atoms with Gasteiger partial charge in [-0.05, 0) is 32.8 Å². The van der Waals surface area contributed by atoms with Crippen LogP contribution in [0.1, 0.15) is 33.3 Å². The second-order valence-corrected chi connectivity index (χ2v) is 10.9. The van der Waals surface area contributed by atoms with E-state index in [9.17, 15) is 4.79 Å². The Balaban J connectivity index is 1.47. The summed E-state index contributed by atoms with van der Waals surface area (Å²) >= 11 is 1.48. The van der Waals surface area contributed by atoms with Crippen LogP contribution in [0.4, 0.5) is 10.9 Å². The number of aromatic nitrogens is 3. The standard InChI is InChI=1S/C25H37N7O2S/c1-6-18-7-9-19(10-8-18)21-22(28-25(2,3)4)32-23(27-21)35-24(29-32)30(5)17-20(33)26-11-12-31-13-15-34-16-14-31/h7-10,28H,6,11-17H2,1-5H3,(H,26,33). The molecule has 0 unspecified atom stereocenters. The van der Waals surface area contributed by atoms with Crippen LogP contribution in [0.25, 0.3) is 16.2 Å². The molecule has 0 bridgehead atoms. The highest BCUT2D eigenvalue weighted by molar-refractivity contribution is 7.20. The molecule has 1 aliphatic heterocycles. The van der Waals surface area contributed by atoms with Crippen LogP contribution in [-0.2, 0) is 16.0 Å². The summed E-state index contributed by atoms with van der Waals surface area (Å²) < 4.78 is 7.23. The third-order valence-corrected chi connectivity index (χ3v) is 6.91. The fourth-order valence-corrected chi connectivity index (χ4v) is 4.84. The molecule has 190 valence electrons. The lowest BCUT2D eigenvalue weighted by atomic mass is 10.1. The van der Waals surface area contributed by atoms with Crippen molar-refractivity contribution in [3.63, 3.8) is 0 Å². The Labute approximate surface area is 211 Å². The van der Waals surface area contributed by atoms with Gasteiger partial charge in [0.15, 0.2) is 5.82 Å². The van der Waals surface area contributed by atoms with Gasteiger partial charge in [0.1, 0.15) is 5.69 Å². The molecule has 0 spiro atoms. The number of anilines is 2. The van der Waals surface area contributed by atoms with E-state index in [0.717, 1.165) is 66.4 Å². The summed E-state index contributed by atoms with van der Waals surface area (Å²) in [6, 6.07) is 8.53. The quantitative estimate of drug-likeness (QED) is 0.468. The average Bonchev–Trinajstić information content (AvgIpc) is 3.38. The first-order valence-electron chi connectivity index (χ1n) is 12.3. The molecule has 9 nitrogen and oxygen atoms in total. The van der Waals surface area contributed by atoms with Crippen molar-refractivity contribution in [3.05, 3.63) is 29.8 Å². The number of amides is 1. The van der Waals surface area contributed by atoms with Crippen LogP contribution in [0.3, 0.4) is 0 Å². The zero-order valence-corrected chi connectivity index (χ0v) is 22.2. The van der Waals surface area contributed by atoms with Crippen LogP contribution in [-0.4, -0.2) is 83.9 Å². The zero-order chi connectivity index (χ0) is 25.0. The molecule has 10 heteroatoms. The van der Waals surface area contributed by atoms with Gasteiger partial charge in [-0.15, -0.1) is 5.10 Å². The highest BCUT2D eigenvalue weighted by atomic mass is 32.1. The molecule has 1 aliphatic rings. The Morgan fingerprint density at radius 3 is 2.57 bits per heavy atom. The maximum Gasteiger partial charge on any atom is 0.239 e. The molecular formula is C25H37N7O2S. The number of carbonyl (C=O) groups is 1. The van der Waals surface area contributed by atoms with Gasteiger partial charge < -0.3 is 20.3 Å². The second kappa shape index (κ2) is 10.9. The summed E-state index contributed by atoms with van der Waals surface area (Å²) in [7, 11) is 1.89. The molecule has 4 rings (SSSR count). The molecular weight excluding hydrogens is 462 g/mol. The number of morpholine rings is 1. The lowest BCUT2D eigenvalue weighted by molar-refractivity contribution is -0.119. The minimum Gasteiger partial charge on any atom is -0.379 e. The molecule has 2 N–H and O–H groups in total. The first-order chi connectivity index (χ1) is 16.7. The van der Waals surface area contributed by atoms with E-state index in [0.29, 0.717) is 6.54 Å². The highest BCUT2D eigenvalue weighted by Crippen LogP contribution is 2.34. The number of carbonyl (C=O) groups excluding carboxylic acids is 1. The van der Waals surface area contributed by atoms with Crippen molar-refractivity contribution in [3.8, 4) is 11.3 Å². The number of nitrogens with one attached hydrogen (secondary N) is 2. The van der Waals surface area contributed by atoms with Gasteiger partial charge in [0.2, 0.25) is 16.0 Å². The van der Waals surface area contributed by atoms with E-state index in [1.807, 2.05) is 16.5 Å². The summed E-state index contributed by atoms with van der Waals surface area (Å²) in [4.78, 5) is 22.4. The van der Waals surface area contributed by atoms with E-state index in [1.165, 1.54) is 16.9 Å². The second-order valence-electron chi connectivity index (χ2n) is 9.97. The molecule has 2 aromatic heterocycles. The average molecular weight is 500 g/mol. The van der Waals surface area contributed by atoms with Gasteiger partial charge in [0.05, 0.1) is 19.8 Å². The Morgan fingerprint density at radius 1 is 1.20 bits per heavy atom. The van der Waals surface area contributed by atoms with Crippen molar-refractivity contribution < 1.29 is 9.53 Å². The third kappa shape index (κ3) is 6.50. The van der Waals surface area contributed by atoms with Gasteiger partial charge in [-0.2, -0.15) is 4.52 Å². The number of ether oxygens (including phenoxy) is 1. The molecule has 3 heterocycles. The van der Waals surface area contributed by atoms with Gasteiger partial charge in [0, 0.05) is 44.3 Å². The predicted octanol–water partition coefficient (Wildman–Crippen LogP) is 3.12. The van der Waals surface area contributed by atoms with Crippen molar-refractivity contribution in [2.24, 2.45) is 0 Å². The monoisotopic (exact) mass is 499 g/mol. The largest absolute Gasteiger partial charge is 0.379 e. The van der Waals surface area contributed by atoms with Gasteiger partial charge in [-0.25, -0.2) is 4.98 Å². The highest BCUT2D eigenvalue weighted by Gasteiger charge is 2.23. The molecule has 1 aromatic carbocycles. The van der Waals surface area contributed by atoms with Crippen molar-refractivity contribution in [2.75, 3.05) is 63.2 Å². The topological polar surface area (TPSA) is 87.0 Å². The number of likely N-dealkylation sites (N-methyl/N-ethyl adjacent to an activating group) is 1. The summed E-state index contributed by atoms with van der Waals surface area (Å²) in [5.74, 6) is 0.848. The predicted molar refractivity (Wildman–Crippen MR) is 143 cm³/mol. The Morgan fingerprint density at radius 2 is 1.91 bits per heavy atom.